The molecule has 2 aromatic heterocycles. The molecule has 3 aromatic rings. The Morgan fingerprint density at radius 2 is 2.05 bits per heavy atom. The standard InChI is InChI=1S/C16H14O4/c1-9(2)13(17)8-12-15-11(5-6-19-15)7-10-3-4-14(18)20-16(10)12/h3-7,13,17H,1,8H2,2H3/t13-/m1/s1. The molecule has 20 heavy (non-hydrogen) atoms. The van der Waals surface area contributed by atoms with Crippen molar-refractivity contribution in [2.24, 2.45) is 0 Å². The molecule has 4 nitrogen and oxygen atoms in total. The molecule has 1 aromatic carbocycles. The first-order valence-electron chi connectivity index (χ1n) is 6.32. The van der Waals surface area contributed by atoms with Crippen molar-refractivity contribution in [1.29, 1.82) is 0 Å². The van der Waals surface area contributed by atoms with Crippen LogP contribution in [0.15, 0.2) is 56.3 Å². The molecule has 3 rings (SSSR count). The maximum absolute atomic E-state index is 11.5. The minimum absolute atomic E-state index is 0.295. The predicted molar refractivity (Wildman–Crippen MR) is 76.8 cm³/mol. The summed E-state index contributed by atoms with van der Waals surface area (Å²) < 4.78 is 10.8. The summed E-state index contributed by atoms with van der Waals surface area (Å²) in [5.74, 6) is 0. The largest absolute Gasteiger partial charge is 0.464 e. The Labute approximate surface area is 114 Å². The van der Waals surface area contributed by atoms with Gasteiger partial charge in [0, 0.05) is 28.8 Å². The van der Waals surface area contributed by atoms with Gasteiger partial charge in [0.25, 0.3) is 0 Å². The van der Waals surface area contributed by atoms with Crippen molar-refractivity contribution in [1.82, 2.24) is 0 Å². The van der Waals surface area contributed by atoms with E-state index in [1.807, 2.05) is 12.1 Å². The lowest BCUT2D eigenvalue weighted by Crippen LogP contribution is -2.12. The monoisotopic (exact) mass is 270 g/mol. The van der Waals surface area contributed by atoms with Crippen molar-refractivity contribution < 1.29 is 13.9 Å². The van der Waals surface area contributed by atoms with Gasteiger partial charge in [0.1, 0.15) is 11.2 Å². The Kier molecular flexibility index (Phi) is 2.95. The molecule has 0 aliphatic rings. The summed E-state index contributed by atoms with van der Waals surface area (Å²) in [6.07, 6.45) is 1.17. The molecule has 0 saturated carbocycles. The highest BCUT2D eigenvalue weighted by atomic mass is 16.4. The highest BCUT2D eigenvalue weighted by Crippen LogP contribution is 2.30. The van der Waals surface area contributed by atoms with Gasteiger partial charge in [0.15, 0.2) is 0 Å². The Morgan fingerprint density at radius 1 is 1.30 bits per heavy atom. The number of hydrogen-bond acceptors (Lipinski definition) is 4. The molecule has 1 N–H and O–H groups in total. The third-order valence-corrected chi connectivity index (χ3v) is 3.39. The van der Waals surface area contributed by atoms with Crippen LogP contribution in [0.4, 0.5) is 0 Å². The maximum Gasteiger partial charge on any atom is 0.336 e. The van der Waals surface area contributed by atoms with Crippen LogP contribution in [0.2, 0.25) is 0 Å². The Morgan fingerprint density at radius 3 is 2.80 bits per heavy atom. The lowest BCUT2D eigenvalue weighted by atomic mass is 9.99. The molecule has 0 unspecified atom stereocenters. The van der Waals surface area contributed by atoms with E-state index in [2.05, 4.69) is 6.58 Å². The minimum atomic E-state index is -0.709. The summed E-state index contributed by atoms with van der Waals surface area (Å²) in [6, 6.07) is 6.84. The Hall–Kier alpha value is -2.33. The zero-order chi connectivity index (χ0) is 14.3. The molecule has 1 atom stereocenters. The van der Waals surface area contributed by atoms with Crippen molar-refractivity contribution in [3.05, 3.63) is 58.7 Å². The summed E-state index contributed by atoms with van der Waals surface area (Å²) in [6.45, 7) is 5.50. The van der Waals surface area contributed by atoms with Gasteiger partial charge in [-0.1, -0.05) is 12.2 Å². The van der Waals surface area contributed by atoms with Gasteiger partial charge >= 0.3 is 5.63 Å². The van der Waals surface area contributed by atoms with E-state index in [0.29, 0.717) is 28.7 Å². The van der Waals surface area contributed by atoms with Gasteiger partial charge in [-0.05, 0) is 25.1 Å². The number of aliphatic hydroxyl groups is 1. The van der Waals surface area contributed by atoms with Gasteiger partial charge in [-0.2, -0.15) is 0 Å². The molecule has 0 radical (unpaired) electrons. The fraction of sp³-hybridized carbons (Fsp3) is 0.188. The molecule has 2 heterocycles. The average molecular weight is 270 g/mol. The first-order valence-corrected chi connectivity index (χ1v) is 6.32. The second kappa shape index (κ2) is 4.65. The fourth-order valence-corrected chi connectivity index (χ4v) is 2.28. The molecule has 0 saturated heterocycles. The number of fused-ring (bicyclic) bond motifs is 2. The van der Waals surface area contributed by atoms with E-state index < -0.39 is 11.7 Å². The third kappa shape index (κ3) is 2.04. The van der Waals surface area contributed by atoms with Crippen molar-refractivity contribution >= 4 is 21.9 Å². The van der Waals surface area contributed by atoms with Crippen molar-refractivity contribution in [2.45, 2.75) is 19.4 Å². The normalized spacial score (nSPS) is 12.9. The fourth-order valence-electron chi connectivity index (χ4n) is 2.28. The van der Waals surface area contributed by atoms with E-state index in [1.165, 1.54) is 6.07 Å². The second-order valence-electron chi connectivity index (χ2n) is 4.93. The molecule has 102 valence electrons. The SMILES string of the molecule is C=C(C)[C@H](O)Cc1c2occc2cc2ccc(=O)oc12. The van der Waals surface area contributed by atoms with E-state index in [1.54, 1.807) is 19.3 Å². The van der Waals surface area contributed by atoms with Gasteiger partial charge in [0.2, 0.25) is 0 Å². The Balaban J connectivity index is 2.32. The number of furan rings is 1. The van der Waals surface area contributed by atoms with E-state index in [0.717, 1.165) is 10.8 Å². The smallest absolute Gasteiger partial charge is 0.336 e. The van der Waals surface area contributed by atoms with Crippen LogP contribution >= 0.6 is 0 Å². The lowest BCUT2D eigenvalue weighted by molar-refractivity contribution is 0.212. The number of hydrogen-bond donors (Lipinski definition) is 1. The summed E-state index contributed by atoms with van der Waals surface area (Å²) in [5, 5.41) is 11.8. The molecule has 0 amide bonds. The zero-order valence-corrected chi connectivity index (χ0v) is 11.1. The summed E-state index contributed by atoms with van der Waals surface area (Å²) in [5.41, 5.74) is 2.01. The van der Waals surface area contributed by atoms with Crippen LogP contribution in [0.1, 0.15) is 12.5 Å². The summed E-state index contributed by atoms with van der Waals surface area (Å²) in [4.78, 5) is 11.5. The molecular weight excluding hydrogens is 256 g/mol. The lowest BCUT2D eigenvalue weighted by Gasteiger charge is -2.12. The quantitative estimate of drug-likeness (QED) is 0.587. The number of rotatable bonds is 3. The second-order valence-corrected chi connectivity index (χ2v) is 4.93. The van der Waals surface area contributed by atoms with E-state index in [9.17, 15) is 9.90 Å². The first kappa shape index (κ1) is 12.7. The highest BCUT2D eigenvalue weighted by molar-refractivity contribution is 5.97. The van der Waals surface area contributed by atoms with Crippen LogP contribution in [-0.4, -0.2) is 11.2 Å². The molecule has 4 heteroatoms. The van der Waals surface area contributed by atoms with Crippen molar-refractivity contribution in [3.8, 4) is 0 Å². The van der Waals surface area contributed by atoms with Crippen LogP contribution in [-0.2, 0) is 6.42 Å². The average Bonchev–Trinajstić information content (AvgIpc) is 2.86. The van der Waals surface area contributed by atoms with E-state index in [-0.39, 0.29) is 0 Å². The van der Waals surface area contributed by atoms with Gasteiger partial charge in [-0.15, -0.1) is 0 Å². The van der Waals surface area contributed by atoms with Crippen LogP contribution in [0.5, 0.6) is 0 Å². The maximum atomic E-state index is 11.5. The summed E-state index contributed by atoms with van der Waals surface area (Å²) in [7, 11) is 0. The summed E-state index contributed by atoms with van der Waals surface area (Å²) >= 11 is 0. The van der Waals surface area contributed by atoms with Gasteiger partial charge in [-0.3, -0.25) is 0 Å². The van der Waals surface area contributed by atoms with Crippen molar-refractivity contribution in [2.75, 3.05) is 0 Å². The van der Waals surface area contributed by atoms with E-state index in [4.69, 9.17) is 8.83 Å². The highest BCUT2D eigenvalue weighted by Gasteiger charge is 2.17. The zero-order valence-electron chi connectivity index (χ0n) is 11.1. The van der Waals surface area contributed by atoms with Crippen LogP contribution in [0, 0.1) is 0 Å². The predicted octanol–water partition coefficient (Wildman–Crippen LogP) is 3.02. The molecular formula is C16H14O4. The van der Waals surface area contributed by atoms with Crippen LogP contribution in [0.25, 0.3) is 21.9 Å². The minimum Gasteiger partial charge on any atom is -0.464 e. The van der Waals surface area contributed by atoms with Gasteiger partial charge < -0.3 is 13.9 Å². The van der Waals surface area contributed by atoms with Gasteiger partial charge in [0.05, 0.1) is 12.4 Å². The topological polar surface area (TPSA) is 63.6 Å². The molecule has 0 bridgehead atoms. The van der Waals surface area contributed by atoms with Crippen LogP contribution < -0.4 is 5.63 Å². The molecule has 0 spiro atoms. The van der Waals surface area contributed by atoms with E-state index >= 15 is 0 Å². The van der Waals surface area contributed by atoms with Crippen molar-refractivity contribution in [3.63, 3.8) is 0 Å². The third-order valence-electron chi connectivity index (χ3n) is 3.39. The Bertz CT molecular complexity index is 854. The number of benzene rings is 1. The van der Waals surface area contributed by atoms with Gasteiger partial charge in [-0.25, -0.2) is 4.79 Å². The molecule has 0 fully saturated rings. The molecule has 0 aliphatic heterocycles. The van der Waals surface area contributed by atoms with Crippen LogP contribution in [0.3, 0.4) is 0 Å². The number of aliphatic hydroxyl groups excluding tert-OH is 1. The first-order chi connectivity index (χ1) is 9.56. The molecule has 0 aliphatic carbocycles.